The minimum Gasteiger partial charge on any atom is -0.297 e. The minimum atomic E-state index is -0.329. The highest BCUT2D eigenvalue weighted by atomic mass is 16.6. The lowest BCUT2D eigenvalue weighted by Gasteiger charge is -2.16. The molecule has 1 unspecified atom stereocenters. The molecule has 6 heteroatoms. The summed E-state index contributed by atoms with van der Waals surface area (Å²) >= 11 is 0. The second kappa shape index (κ2) is 5.88. The van der Waals surface area contributed by atoms with Crippen molar-refractivity contribution in [3.8, 4) is 0 Å². The Morgan fingerprint density at radius 1 is 1.32 bits per heavy atom. The largest absolute Gasteiger partial charge is 0.312 e. The lowest BCUT2D eigenvalue weighted by atomic mass is 10.2. The van der Waals surface area contributed by atoms with E-state index in [4.69, 9.17) is 0 Å². The third kappa shape index (κ3) is 2.74. The second-order valence-electron chi connectivity index (χ2n) is 5.88. The van der Waals surface area contributed by atoms with Crippen LogP contribution in [0, 0.1) is 24.0 Å². The van der Waals surface area contributed by atoms with Crippen LogP contribution < -0.4 is 0 Å². The van der Waals surface area contributed by atoms with E-state index in [1.165, 1.54) is 5.56 Å². The molecule has 1 aliphatic heterocycles. The first-order chi connectivity index (χ1) is 10.6. The number of likely N-dealkylation sites (tertiary alicyclic amines) is 1. The Balaban J connectivity index is 1.73. The third-order valence-corrected chi connectivity index (χ3v) is 4.31. The van der Waals surface area contributed by atoms with Crippen molar-refractivity contribution in [2.45, 2.75) is 32.9 Å². The van der Waals surface area contributed by atoms with E-state index in [0.717, 1.165) is 26.1 Å². The van der Waals surface area contributed by atoms with Gasteiger partial charge in [-0.05, 0) is 25.8 Å². The monoisotopic (exact) mass is 300 g/mol. The van der Waals surface area contributed by atoms with Crippen molar-refractivity contribution < 1.29 is 4.92 Å². The van der Waals surface area contributed by atoms with Gasteiger partial charge in [0.25, 0.3) is 0 Å². The maximum absolute atomic E-state index is 11.1. The van der Waals surface area contributed by atoms with Crippen LogP contribution in [0.25, 0.3) is 0 Å². The first-order valence-electron chi connectivity index (χ1n) is 7.52. The number of rotatable bonds is 4. The van der Waals surface area contributed by atoms with Crippen LogP contribution in [0.5, 0.6) is 0 Å². The summed E-state index contributed by atoms with van der Waals surface area (Å²) in [6, 6.07) is 10.6. The average Bonchev–Trinajstić information content (AvgIpc) is 3.04. The number of hydrogen-bond donors (Lipinski definition) is 0. The normalized spacial score (nSPS) is 18.7. The molecule has 1 atom stereocenters. The summed E-state index contributed by atoms with van der Waals surface area (Å²) in [6.45, 7) is 6.29. The van der Waals surface area contributed by atoms with Crippen molar-refractivity contribution in [3.05, 3.63) is 57.4 Å². The summed E-state index contributed by atoms with van der Waals surface area (Å²) in [6.07, 6.45) is 0.978. The highest BCUT2D eigenvalue weighted by Gasteiger charge is 2.30. The first kappa shape index (κ1) is 14.7. The molecule has 0 radical (unpaired) electrons. The maximum Gasteiger partial charge on any atom is 0.312 e. The minimum absolute atomic E-state index is 0.154. The van der Waals surface area contributed by atoms with Gasteiger partial charge in [0, 0.05) is 19.6 Å². The van der Waals surface area contributed by atoms with Gasteiger partial charge in [0.15, 0.2) is 0 Å². The van der Waals surface area contributed by atoms with Gasteiger partial charge >= 0.3 is 5.69 Å². The molecular formula is C16H20N4O2. The summed E-state index contributed by atoms with van der Waals surface area (Å²) < 4.78 is 1.85. The van der Waals surface area contributed by atoms with Gasteiger partial charge in [0.1, 0.15) is 11.4 Å². The SMILES string of the molecule is Cc1nn(C2CCN(Cc3ccccc3)C2)c(C)c1[N+](=O)[O-]. The van der Waals surface area contributed by atoms with Gasteiger partial charge in [-0.25, -0.2) is 0 Å². The summed E-state index contributed by atoms with van der Waals surface area (Å²) in [5.74, 6) is 0. The molecule has 2 aromatic rings. The van der Waals surface area contributed by atoms with Gasteiger partial charge in [-0.2, -0.15) is 5.10 Å². The van der Waals surface area contributed by atoms with Gasteiger partial charge in [0.2, 0.25) is 0 Å². The van der Waals surface area contributed by atoms with Crippen LogP contribution in [-0.2, 0) is 6.54 Å². The van der Waals surface area contributed by atoms with Crippen molar-refractivity contribution >= 4 is 5.69 Å². The van der Waals surface area contributed by atoms with Crippen LogP contribution in [0.2, 0.25) is 0 Å². The number of nitrogens with zero attached hydrogens (tertiary/aromatic N) is 4. The van der Waals surface area contributed by atoms with Gasteiger partial charge in [-0.1, -0.05) is 30.3 Å². The van der Waals surface area contributed by atoms with Crippen molar-refractivity contribution in [2.24, 2.45) is 0 Å². The topological polar surface area (TPSA) is 64.2 Å². The van der Waals surface area contributed by atoms with Crippen molar-refractivity contribution in [1.82, 2.24) is 14.7 Å². The molecular weight excluding hydrogens is 280 g/mol. The number of aryl methyl sites for hydroxylation is 1. The van der Waals surface area contributed by atoms with Crippen LogP contribution in [0.4, 0.5) is 5.69 Å². The summed E-state index contributed by atoms with van der Waals surface area (Å²) in [7, 11) is 0. The second-order valence-corrected chi connectivity index (χ2v) is 5.88. The van der Waals surface area contributed by atoms with Gasteiger partial charge < -0.3 is 0 Å². The van der Waals surface area contributed by atoms with Crippen LogP contribution in [0.1, 0.15) is 29.4 Å². The molecule has 116 valence electrons. The zero-order valence-corrected chi connectivity index (χ0v) is 12.9. The number of nitro groups is 1. The molecule has 0 bridgehead atoms. The van der Waals surface area contributed by atoms with E-state index in [1.54, 1.807) is 13.8 Å². The van der Waals surface area contributed by atoms with Crippen molar-refractivity contribution in [1.29, 1.82) is 0 Å². The highest BCUT2D eigenvalue weighted by molar-refractivity contribution is 5.39. The molecule has 0 saturated carbocycles. The zero-order chi connectivity index (χ0) is 15.7. The number of benzene rings is 1. The molecule has 0 spiro atoms. The Hall–Kier alpha value is -2.21. The maximum atomic E-state index is 11.1. The Labute approximate surface area is 129 Å². The van der Waals surface area contributed by atoms with E-state index in [-0.39, 0.29) is 16.7 Å². The molecule has 2 heterocycles. The first-order valence-corrected chi connectivity index (χ1v) is 7.52. The van der Waals surface area contributed by atoms with E-state index in [9.17, 15) is 10.1 Å². The van der Waals surface area contributed by atoms with E-state index >= 15 is 0 Å². The Morgan fingerprint density at radius 3 is 2.68 bits per heavy atom. The molecule has 1 aromatic heterocycles. The molecule has 0 aliphatic carbocycles. The van der Waals surface area contributed by atoms with E-state index in [1.807, 2.05) is 22.9 Å². The number of hydrogen-bond acceptors (Lipinski definition) is 4. The molecule has 6 nitrogen and oxygen atoms in total. The molecule has 1 aromatic carbocycles. The van der Waals surface area contributed by atoms with Crippen LogP contribution >= 0.6 is 0 Å². The third-order valence-electron chi connectivity index (χ3n) is 4.31. The van der Waals surface area contributed by atoms with Gasteiger partial charge in [-0.15, -0.1) is 0 Å². The van der Waals surface area contributed by atoms with Crippen LogP contribution in [-0.4, -0.2) is 32.7 Å². The van der Waals surface area contributed by atoms with Crippen molar-refractivity contribution in [2.75, 3.05) is 13.1 Å². The lowest BCUT2D eigenvalue weighted by molar-refractivity contribution is -0.386. The van der Waals surface area contributed by atoms with E-state index < -0.39 is 0 Å². The van der Waals surface area contributed by atoms with Crippen molar-refractivity contribution in [3.63, 3.8) is 0 Å². The van der Waals surface area contributed by atoms with Crippen LogP contribution in [0.3, 0.4) is 0 Å². The molecule has 3 rings (SSSR count). The fourth-order valence-electron chi connectivity index (χ4n) is 3.27. The zero-order valence-electron chi connectivity index (χ0n) is 12.9. The fraction of sp³-hybridized carbons (Fsp3) is 0.438. The molecule has 22 heavy (non-hydrogen) atoms. The smallest absolute Gasteiger partial charge is 0.297 e. The predicted molar refractivity (Wildman–Crippen MR) is 83.7 cm³/mol. The number of aromatic nitrogens is 2. The fourth-order valence-corrected chi connectivity index (χ4v) is 3.27. The summed E-state index contributed by atoms with van der Waals surface area (Å²) in [4.78, 5) is 13.2. The average molecular weight is 300 g/mol. The summed E-state index contributed by atoms with van der Waals surface area (Å²) in [5, 5.41) is 15.5. The molecule has 1 saturated heterocycles. The van der Waals surface area contributed by atoms with Gasteiger partial charge in [0.05, 0.1) is 11.0 Å². The standard InChI is InChI=1S/C16H20N4O2/c1-12-16(20(21)22)13(2)19(17-12)15-8-9-18(11-15)10-14-6-4-3-5-7-14/h3-7,15H,8-11H2,1-2H3. The van der Waals surface area contributed by atoms with E-state index in [2.05, 4.69) is 22.1 Å². The Morgan fingerprint density at radius 2 is 2.05 bits per heavy atom. The van der Waals surface area contributed by atoms with E-state index in [0.29, 0.717) is 11.4 Å². The van der Waals surface area contributed by atoms with Gasteiger partial charge in [-0.3, -0.25) is 19.7 Å². The molecule has 1 fully saturated rings. The Kier molecular flexibility index (Phi) is 3.94. The molecule has 0 N–H and O–H groups in total. The summed E-state index contributed by atoms with van der Waals surface area (Å²) in [5.41, 5.74) is 2.61. The Bertz CT molecular complexity index is 681. The predicted octanol–water partition coefficient (Wildman–Crippen LogP) is 2.86. The van der Waals surface area contributed by atoms with Crippen LogP contribution in [0.15, 0.2) is 30.3 Å². The lowest BCUT2D eigenvalue weighted by Crippen LogP contribution is -2.22. The quantitative estimate of drug-likeness (QED) is 0.643. The molecule has 0 amide bonds. The highest BCUT2D eigenvalue weighted by Crippen LogP contribution is 2.29. The molecule has 1 aliphatic rings.